The minimum atomic E-state index is -0.242. The lowest BCUT2D eigenvalue weighted by Gasteiger charge is -2.30. The number of furan rings is 1. The zero-order valence-corrected chi connectivity index (χ0v) is 32.6. The van der Waals surface area contributed by atoms with Gasteiger partial charge in [0.15, 0.2) is 0 Å². The lowest BCUT2D eigenvalue weighted by molar-refractivity contribution is 0.660. The molecule has 0 saturated carbocycles. The Morgan fingerprint density at radius 1 is 0.316 bits per heavy atom. The van der Waals surface area contributed by atoms with Gasteiger partial charge in [-0.2, -0.15) is 0 Å². The van der Waals surface area contributed by atoms with Gasteiger partial charge in [-0.25, -0.2) is 0 Å². The van der Waals surface area contributed by atoms with Gasteiger partial charge in [-0.1, -0.05) is 125 Å². The molecule has 57 heavy (non-hydrogen) atoms. The van der Waals surface area contributed by atoms with Gasteiger partial charge in [-0.15, -0.1) is 0 Å². The van der Waals surface area contributed by atoms with E-state index in [1.54, 1.807) is 0 Å². The van der Waals surface area contributed by atoms with Crippen molar-refractivity contribution < 1.29 is 4.42 Å². The van der Waals surface area contributed by atoms with E-state index in [1.807, 2.05) is 12.1 Å². The van der Waals surface area contributed by atoms with Crippen LogP contribution in [-0.2, 0) is 10.8 Å². The molecule has 1 aromatic heterocycles. The topological polar surface area (TPSA) is 19.6 Å². The first kappa shape index (κ1) is 33.5. The average molecular weight is 735 g/mol. The van der Waals surface area contributed by atoms with E-state index < -0.39 is 0 Å². The summed E-state index contributed by atoms with van der Waals surface area (Å²) in [5, 5.41) is 2.24. The second-order valence-corrected chi connectivity index (χ2v) is 16.6. The van der Waals surface area contributed by atoms with Crippen LogP contribution in [0, 0.1) is 0 Å². The van der Waals surface area contributed by atoms with Crippen LogP contribution in [-0.4, -0.2) is 0 Å². The molecule has 8 aromatic carbocycles. The Morgan fingerprint density at radius 3 is 1.28 bits per heavy atom. The van der Waals surface area contributed by atoms with Crippen LogP contribution >= 0.6 is 0 Å². The fraction of sp³-hybridized carbons (Fsp3) is 0.111. The Hall–Kier alpha value is -6.84. The van der Waals surface area contributed by atoms with Crippen molar-refractivity contribution in [3.8, 4) is 22.3 Å². The summed E-state index contributed by atoms with van der Waals surface area (Å²) in [5.74, 6) is 0. The fourth-order valence-corrected chi connectivity index (χ4v) is 9.72. The number of para-hydroxylation sites is 3. The predicted molar refractivity (Wildman–Crippen MR) is 238 cm³/mol. The second kappa shape index (κ2) is 12.3. The van der Waals surface area contributed by atoms with Crippen LogP contribution in [0.25, 0.3) is 44.2 Å². The molecule has 1 heterocycles. The standard InChI is InChI=1S/C54H42N2O/c1-53(2)47-21-13-11-19-41(47)42-27-23-39(32-48(42)53)56(36-17-9-6-10-18-36)40-25-29-44-43-28-24-38(33-49(43)54(3,4)50(44)34-40)55(35-15-7-5-8-16-35)37-26-30-52-46(31-37)45-20-12-14-22-51(45)57-52/h5-34H,1-4H3. The molecular formula is C54H42N2O. The number of rotatable bonds is 6. The van der Waals surface area contributed by atoms with Gasteiger partial charge in [0.05, 0.1) is 0 Å². The summed E-state index contributed by atoms with van der Waals surface area (Å²) in [6, 6.07) is 66.3. The quantitative estimate of drug-likeness (QED) is 0.170. The molecule has 0 N–H and O–H groups in total. The summed E-state index contributed by atoms with van der Waals surface area (Å²) < 4.78 is 6.22. The number of anilines is 6. The van der Waals surface area contributed by atoms with Gasteiger partial charge < -0.3 is 14.2 Å². The van der Waals surface area contributed by atoms with Crippen LogP contribution in [0.4, 0.5) is 34.1 Å². The van der Waals surface area contributed by atoms with Gasteiger partial charge in [0.25, 0.3) is 0 Å². The van der Waals surface area contributed by atoms with Crippen LogP contribution in [0.1, 0.15) is 49.9 Å². The SMILES string of the molecule is CC1(C)c2ccccc2-c2ccc(N(c3ccccc3)c3ccc4c(c3)C(C)(C)c3cc(N(c5ccccc5)c5ccc6oc7ccccc7c6c5)ccc3-4)cc21. The summed E-state index contributed by atoms with van der Waals surface area (Å²) >= 11 is 0. The number of nitrogens with zero attached hydrogens (tertiary/aromatic N) is 2. The van der Waals surface area contributed by atoms with E-state index in [1.165, 1.54) is 44.5 Å². The Bertz CT molecular complexity index is 3030. The second-order valence-electron chi connectivity index (χ2n) is 16.6. The summed E-state index contributed by atoms with van der Waals surface area (Å²) in [4.78, 5) is 4.80. The number of fused-ring (bicyclic) bond motifs is 9. The van der Waals surface area contributed by atoms with Crippen molar-refractivity contribution in [3.63, 3.8) is 0 Å². The maximum atomic E-state index is 6.22. The molecular weight excluding hydrogens is 693 g/mol. The van der Waals surface area contributed by atoms with Crippen LogP contribution < -0.4 is 9.80 Å². The molecule has 0 fully saturated rings. The molecule has 0 aliphatic heterocycles. The molecule has 9 aromatic rings. The maximum Gasteiger partial charge on any atom is 0.135 e. The van der Waals surface area contributed by atoms with Crippen molar-refractivity contribution in [1.29, 1.82) is 0 Å². The van der Waals surface area contributed by atoms with Crippen LogP contribution in [0.5, 0.6) is 0 Å². The van der Waals surface area contributed by atoms with E-state index in [4.69, 9.17) is 4.42 Å². The van der Waals surface area contributed by atoms with Crippen molar-refractivity contribution in [2.45, 2.75) is 38.5 Å². The third-order valence-electron chi connectivity index (χ3n) is 12.6. The highest BCUT2D eigenvalue weighted by Gasteiger charge is 2.38. The van der Waals surface area contributed by atoms with Gasteiger partial charge in [-0.05, 0) is 129 Å². The van der Waals surface area contributed by atoms with Gasteiger partial charge in [-0.3, -0.25) is 0 Å². The number of hydrogen-bond donors (Lipinski definition) is 0. The fourth-order valence-electron chi connectivity index (χ4n) is 9.72. The van der Waals surface area contributed by atoms with E-state index in [2.05, 4.69) is 207 Å². The lowest BCUT2D eigenvalue weighted by atomic mass is 9.82. The van der Waals surface area contributed by atoms with E-state index in [-0.39, 0.29) is 10.8 Å². The third kappa shape index (κ3) is 5.05. The average Bonchev–Trinajstić information content (AvgIpc) is 3.81. The van der Waals surface area contributed by atoms with Crippen LogP contribution in [0.2, 0.25) is 0 Å². The van der Waals surface area contributed by atoms with Gasteiger partial charge in [0.2, 0.25) is 0 Å². The molecule has 11 rings (SSSR count). The normalized spacial score (nSPS) is 14.2. The molecule has 0 unspecified atom stereocenters. The third-order valence-corrected chi connectivity index (χ3v) is 12.6. The monoisotopic (exact) mass is 734 g/mol. The highest BCUT2D eigenvalue weighted by molar-refractivity contribution is 6.06. The maximum absolute atomic E-state index is 6.22. The molecule has 0 spiro atoms. The van der Waals surface area contributed by atoms with E-state index >= 15 is 0 Å². The molecule has 2 aliphatic carbocycles. The van der Waals surface area contributed by atoms with Crippen LogP contribution in [0.3, 0.4) is 0 Å². The van der Waals surface area contributed by atoms with E-state index in [9.17, 15) is 0 Å². The molecule has 3 heteroatoms. The first-order valence-corrected chi connectivity index (χ1v) is 19.9. The molecule has 0 atom stereocenters. The Morgan fingerprint density at radius 2 is 0.719 bits per heavy atom. The number of hydrogen-bond acceptors (Lipinski definition) is 3. The van der Waals surface area contributed by atoms with Crippen molar-refractivity contribution in [3.05, 3.63) is 204 Å². The van der Waals surface area contributed by atoms with Crippen molar-refractivity contribution >= 4 is 56.1 Å². The summed E-state index contributed by atoms with van der Waals surface area (Å²) in [6.07, 6.45) is 0. The highest BCUT2D eigenvalue weighted by atomic mass is 16.3. The summed E-state index contributed by atoms with van der Waals surface area (Å²) in [6.45, 7) is 9.47. The lowest BCUT2D eigenvalue weighted by Crippen LogP contribution is -2.18. The first-order valence-electron chi connectivity index (χ1n) is 19.9. The summed E-state index contributed by atoms with van der Waals surface area (Å²) in [7, 11) is 0. The van der Waals surface area contributed by atoms with E-state index in [0.29, 0.717) is 0 Å². The van der Waals surface area contributed by atoms with E-state index in [0.717, 1.165) is 56.1 Å². The Balaban J connectivity index is 1.02. The number of benzene rings is 8. The van der Waals surface area contributed by atoms with Gasteiger partial charge >= 0.3 is 0 Å². The zero-order valence-electron chi connectivity index (χ0n) is 32.6. The van der Waals surface area contributed by atoms with Crippen LogP contribution in [0.15, 0.2) is 186 Å². The Kier molecular flexibility index (Phi) is 7.25. The van der Waals surface area contributed by atoms with Crippen molar-refractivity contribution in [2.24, 2.45) is 0 Å². The van der Waals surface area contributed by atoms with Crippen molar-refractivity contribution in [2.75, 3.05) is 9.80 Å². The molecule has 0 saturated heterocycles. The van der Waals surface area contributed by atoms with Gasteiger partial charge in [0, 0.05) is 55.7 Å². The van der Waals surface area contributed by atoms with Crippen molar-refractivity contribution in [1.82, 2.24) is 0 Å². The van der Waals surface area contributed by atoms with Gasteiger partial charge in [0.1, 0.15) is 11.2 Å². The first-order chi connectivity index (χ1) is 27.8. The minimum absolute atomic E-state index is 0.0880. The molecule has 3 nitrogen and oxygen atoms in total. The molecule has 274 valence electrons. The minimum Gasteiger partial charge on any atom is -0.456 e. The smallest absolute Gasteiger partial charge is 0.135 e. The Labute approximate surface area is 334 Å². The largest absolute Gasteiger partial charge is 0.456 e. The predicted octanol–water partition coefficient (Wildman–Crippen LogP) is 15.1. The molecule has 2 aliphatic rings. The molecule has 0 radical (unpaired) electrons. The molecule has 0 amide bonds. The highest BCUT2D eigenvalue weighted by Crippen LogP contribution is 2.54. The molecule has 0 bridgehead atoms. The zero-order chi connectivity index (χ0) is 38.5. The summed E-state index contributed by atoms with van der Waals surface area (Å²) in [5.41, 5.74) is 18.9.